The molecule has 0 atom stereocenters. The van der Waals surface area contributed by atoms with Gasteiger partial charge in [-0.3, -0.25) is 0 Å². The minimum atomic E-state index is -0.993. The monoisotopic (exact) mass is 315 g/mol. The Kier molecular flexibility index (Phi) is 4.06. The molecule has 1 heterocycles. The number of anilines is 3. The highest BCUT2D eigenvalue weighted by Crippen LogP contribution is 2.27. The van der Waals surface area contributed by atoms with E-state index in [1.54, 1.807) is 24.3 Å². The van der Waals surface area contributed by atoms with Crippen molar-refractivity contribution in [1.29, 1.82) is 0 Å². The average molecular weight is 315 g/mol. The van der Waals surface area contributed by atoms with Gasteiger partial charge < -0.3 is 20.6 Å². The quantitative estimate of drug-likeness (QED) is 0.851. The molecule has 1 aliphatic rings. The van der Waals surface area contributed by atoms with Crippen molar-refractivity contribution in [1.82, 2.24) is 0 Å². The highest BCUT2D eigenvalue weighted by atomic mass is 19.1. The molecule has 0 spiro atoms. The number of nitrogen functional groups attached to an aromatic ring is 1. The summed E-state index contributed by atoms with van der Waals surface area (Å²) in [7, 11) is 0. The van der Waals surface area contributed by atoms with Crippen molar-refractivity contribution in [3.05, 3.63) is 53.8 Å². The van der Waals surface area contributed by atoms with E-state index in [9.17, 15) is 9.18 Å². The first-order chi connectivity index (χ1) is 11.1. The maximum absolute atomic E-state index is 13.8. The summed E-state index contributed by atoms with van der Waals surface area (Å²) in [6.07, 6.45) is 0. The van der Waals surface area contributed by atoms with E-state index in [0.29, 0.717) is 37.6 Å². The zero-order valence-electron chi connectivity index (χ0n) is 12.6. The van der Waals surface area contributed by atoms with E-state index < -0.39 is 5.97 Å². The van der Waals surface area contributed by atoms with Crippen molar-refractivity contribution in [2.75, 3.05) is 41.7 Å². The molecule has 0 aromatic heterocycles. The lowest BCUT2D eigenvalue weighted by Gasteiger charge is -2.38. The van der Waals surface area contributed by atoms with Gasteiger partial charge in [0.2, 0.25) is 0 Å². The predicted molar refractivity (Wildman–Crippen MR) is 88.6 cm³/mol. The molecule has 120 valence electrons. The van der Waals surface area contributed by atoms with Crippen LogP contribution in [0.1, 0.15) is 10.4 Å². The van der Waals surface area contributed by atoms with Crippen molar-refractivity contribution in [3.63, 3.8) is 0 Å². The Labute approximate surface area is 133 Å². The van der Waals surface area contributed by atoms with Gasteiger partial charge in [0.25, 0.3) is 0 Å². The van der Waals surface area contributed by atoms with E-state index in [1.165, 1.54) is 12.1 Å². The lowest BCUT2D eigenvalue weighted by Crippen LogP contribution is -2.47. The first kappa shape index (κ1) is 15.1. The minimum Gasteiger partial charge on any atom is -0.478 e. The summed E-state index contributed by atoms with van der Waals surface area (Å²) in [6, 6.07) is 11.5. The van der Waals surface area contributed by atoms with E-state index in [0.717, 1.165) is 5.69 Å². The fraction of sp³-hybridized carbons (Fsp3) is 0.235. The first-order valence-corrected chi connectivity index (χ1v) is 7.43. The number of carboxylic acid groups (broad SMARTS) is 1. The van der Waals surface area contributed by atoms with Gasteiger partial charge in [-0.15, -0.1) is 0 Å². The molecule has 0 unspecified atom stereocenters. The first-order valence-electron chi connectivity index (χ1n) is 7.43. The average Bonchev–Trinajstić information content (AvgIpc) is 2.55. The van der Waals surface area contributed by atoms with Gasteiger partial charge in [0.1, 0.15) is 5.82 Å². The Morgan fingerprint density at radius 2 is 1.61 bits per heavy atom. The molecule has 2 aromatic carbocycles. The number of carboxylic acids is 1. The normalized spacial score (nSPS) is 14.8. The molecule has 0 amide bonds. The van der Waals surface area contributed by atoms with Gasteiger partial charge in [0, 0.05) is 26.2 Å². The summed E-state index contributed by atoms with van der Waals surface area (Å²) >= 11 is 0. The summed E-state index contributed by atoms with van der Waals surface area (Å²) in [5.41, 5.74) is 8.04. The van der Waals surface area contributed by atoms with Crippen molar-refractivity contribution >= 4 is 23.0 Å². The van der Waals surface area contributed by atoms with Crippen LogP contribution in [0.3, 0.4) is 0 Å². The number of nitrogens with two attached hydrogens (primary N) is 1. The van der Waals surface area contributed by atoms with Crippen LogP contribution in [-0.2, 0) is 0 Å². The lowest BCUT2D eigenvalue weighted by atomic mass is 10.1. The van der Waals surface area contributed by atoms with E-state index in [1.807, 2.05) is 11.0 Å². The van der Waals surface area contributed by atoms with Gasteiger partial charge in [-0.05, 0) is 30.3 Å². The smallest absolute Gasteiger partial charge is 0.335 e. The second-order valence-corrected chi connectivity index (χ2v) is 5.50. The van der Waals surface area contributed by atoms with Crippen LogP contribution in [0.4, 0.5) is 21.5 Å². The van der Waals surface area contributed by atoms with E-state index in [2.05, 4.69) is 4.90 Å². The van der Waals surface area contributed by atoms with Gasteiger partial charge >= 0.3 is 5.97 Å². The highest BCUT2D eigenvalue weighted by Gasteiger charge is 2.21. The van der Waals surface area contributed by atoms with Crippen LogP contribution >= 0.6 is 0 Å². The van der Waals surface area contributed by atoms with Gasteiger partial charge in [-0.25, -0.2) is 9.18 Å². The van der Waals surface area contributed by atoms with E-state index in [-0.39, 0.29) is 11.4 Å². The van der Waals surface area contributed by atoms with Crippen LogP contribution in [0, 0.1) is 5.82 Å². The summed E-state index contributed by atoms with van der Waals surface area (Å²) in [5.74, 6) is -1.21. The van der Waals surface area contributed by atoms with Crippen LogP contribution in [-0.4, -0.2) is 37.3 Å². The summed E-state index contributed by atoms with van der Waals surface area (Å²) < 4.78 is 13.8. The predicted octanol–water partition coefficient (Wildman–Crippen LogP) is 2.43. The molecule has 3 rings (SSSR count). The zero-order chi connectivity index (χ0) is 16.4. The Balaban J connectivity index is 1.72. The van der Waals surface area contributed by atoms with Crippen LogP contribution in [0.5, 0.6) is 0 Å². The third kappa shape index (κ3) is 3.06. The van der Waals surface area contributed by atoms with Crippen LogP contribution < -0.4 is 15.5 Å². The molecule has 0 radical (unpaired) electrons. The lowest BCUT2D eigenvalue weighted by molar-refractivity contribution is 0.0697. The Morgan fingerprint density at radius 1 is 1.00 bits per heavy atom. The maximum atomic E-state index is 13.8. The van der Waals surface area contributed by atoms with Gasteiger partial charge in [0.05, 0.1) is 22.6 Å². The number of carbonyl (C=O) groups is 1. The van der Waals surface area contributed by atoms with Gasteiger partial charge in [-0.1, -0.05) is 12.1 Å². The number of nitrogens with zero attached hydrogens (tertiary/aromatic N) is 2. The SMILES string of the molecule is Nc1cc(C(=O)O)ccc1N1CCN(c2ccccc2F)CC1. The Bertz CT molecular complexity index is 728. The molecule has 1 aliphatic heterocycles. The Hall–Kier alpha value is -2.76. The largest absolute Gasteiger partial charge is 0.478 e. The van der Waals surface area contributed by atoms with Crippen molar-refractivity contribution < 1.29 is 14.3 Å². The highest BCUT2D eigenvalue weighted by molar-refractivity contribution is 5.90. The van der Waals surface area contributed by atoms with Crippen LogP contribution in [0.25, 0.3) is 0 Å². The fourth-order valence-electron chi connectivity index (χ4n) is 2.87. The third-order valence-electron chi connectivity index (χ3n) is 4.09. The molecule has 6 heteroatoms. The maximum Gasteiger partial charge on any atom is 0.335 e. The number of aromatic carboxylic acids is 1. The van der Waals surface area contributed by atoms with E-state index >= 15 is 0 Å². The molecule has 3 N–H and O–H groups in total. The van der Waals surface area contributed by atoms with Gasteiger partial charge in [-0.2, -0.15) is 0 Å². The second-order valence-electron chi connectivity index (χ2n) is 5.50. The topological polar surface area (TPSA) is 69.8 Å². The molecule has 0 aliphatic carbocycles. The third-order valence-corrected chi connectivity index (χ3v) is 4.09. The molecular weight excluding hydrogens is 297 g/mol. The number of hydrogen-bond donors (Lipinski definition) is 2. The molecule has 0 saturated carbocycles. The summed E-state index contributed by atoms with van der Waals surface area (Å²) in [6.45, 7) is 2.76. The number of rotatable bonds is 3. The van der Waals surface area contributed by atoms with Gasteiger partial charge in [0.15, 0.2) is 0 Å². The van der Waals surface area contributed by atoms with E-state index in [4.69, 9.17) is 10.8 Å². The standard InChI is InChI=1S/C17H18FN3O2/c18-13-3-1-2-4-15(13)20-7-9-21(10-8-20)16-6-5-12(17(22)23)11-14(16)19/h1-6,11H,7-10,19H2,(H,22,23). The number of halogens is 1. The van der Waals surface area contributed by atoms with Crippen LogP contribution in [0.2, 0.25) is 0 Å². The molecule has 23 heavy (non-hydrogen) atoms. The number of para-hydroxylation sites is 1. The minimum absolute atomic E-state index is 0.177. The Morgan fingerprint density at radius 3 is 2.17 bits per heavy atom. The molecule has 2 aromatic rings. The van der Waals surface area contributed by atoms with Crippen molar-refractivity contribution in [2.45, 2.75) is 0 Å². The van der Waals surface area contributed by atoms with Crippen molar-refractivity contribution in [2.24, 2.45) is 0 Å². The molecule has 1 saturated heterocycles. The molecule has 0 bridgehead atoms. The summed E-state index contributed by atoms with van der Waals surface area (Å²) in [4.78, 5) is 15.1. The second kappa shape index (κ2) is 6.16. The van der Waals surface area contributed by atoms with Crippen molar-refractivity contribution in [3.8, 4) is 0 Å². The molecule has 1 fully saturated rings. The molecule has 5 nitrogen and oxygen atoms in total. The zero-order valence-corrected chi connectivity index (χ0v) is 12.6. The number of hydrogen-bond acceptors (Lipinski definition) is 4. The summed E-state index contributed by atoms with van der Waals surface area (Å²) in [5, 5.41) is 8.99. The molecular formula is C17H18FN3O2. The van der Waals surface area contributed by atoms with Crippen LogP contribution in [0.15, 0.2) is 42.5 Å². The number of piperazine rings is 1. The number of benzene rings is 2. The fourth-order valence-corrected chi connectivity index (χ4v) is 2.87.